The molecule has 0 atom stereocenters. The van der Waals surface area contributed by atoms with Gasteiger partial charge in [-0.25, -0.2) is 0 Å². The molecule has 68 valence electrons. The molecule has 0 radical (unpaired) electrons. The molecule has 3 nitrogen and oxygen atoms in total. The van der Waals surface area contributed by atoms with E-state index in [2.05, 4.69) is 17.9 Å². The Labute approximate surface area is 81.6 Å². The Morgan fingerprint density at radius 2 is 1.62 bits per heavy atom. The summed E-state index contributed by atoms with van der Waals surface area (Å²) in [5.41, 5.74) is 1.01. The summed E-state index contributed by atoms with van der Waals surface area (Å²) < 4.78 is 0. The zero-order chi connectivity index (χ0) is 9.84. The molecule has 0 unspecified atom stereocenters. The molecule has 1 amide bonds. The number of nitrogens with one attached hydrogen (secondary N) is 1. The van der Waals surface area contributed by atoms with E-state index in [-0.39, 0.29) is 11.0 Å². The monoisotopic (exact) mass is 195 g/mol. The first-order chi connectivity index (χ1) is 6.15. The molecule has 1 aromatic carbocycles. The summed E-state index contributed by atoms with van der Waals surface area (Å²) in [7, 11) is 1.56. The standard InChI is InChI=1S/C9H9NO2S/c1-10-8(11)6-2-4-7(5-3-6)9(12)13/h2-5H,1H3,(H,10,11)(H,12,13). The van der Waals surface area contributed by atoms with Gasteiger partial charge in [-0.1, -0.05) is 0 Å². The summed E-state index contributed by atoms with van der Waals surface area (Å²) >= 11 is 3.66. The van der Waals surface area contributed by atoms with E-state index in [4.69, 9.17) is 0 Å². The number of thiol groups is 1. The molecule has 0 heterocycles. The maximum atomic E-state index is 11.1. The van der Waals surface area contributed by atoms with Gasteiger partial charge in [-0.3, -0.25) is 9.59 Å². The van der Waals surface area contributed by atoms with Gasteiger partial charge in [0.15, 0.2) is 0 Å². The number of benzene rings is 1. The van der Waals surface area contributed by atoms with Crippen molar-refractivity contribution in [3.8, 4) is 0 Å². The van der Waals surface area contributed by atoms with Crippen LogP contribution < -0.4 is 5.32 Å². The minimum Gasteiger partial charge on any atom is -0.355 e. The molecule has 0 fully saturated rings. The van der Waals surface area contributed by atoms with Crippen LogP contribution in [0, 0.1) is 0 Å². The Bertz CT molecular complexity index is 332. The lowest BCUT2D eigenvalue weighted by Gasteiger charge is -1.99. The van der Waals surface area contributed by atoms with Crippen molar-refractivity contribution in [1.82, 2.24) is 5.32 Å². The quantitative estimate of drug-likeness (QED) is 0.694. The fraction of sp³-hybridized carbons (Fsp3) is 0.111. The molecular formula is C9H9NO2S. The van der Waals surface area contributed by atoms with Crippen molar-refractivity contribution in [2.75, 3.05) is 7.05 Å². The molecule has 0 bridgehead atoms. The number of hydrogen-bond donors (Lipinski definition) is 2. The highest BCUT2D eigenvalue weighted by Crippen LogP contribution is 2.06. The third-order valence-electron chi connectivity index (χ3n) is 1.62. The van der Waals surface area contributed by atoms with Crippen molar-refractivity contribution >= 4 is 23.7 Å². The number of hydrogen-bond acceptors (Lipinski definition) is 2. The van der Waals surface area contributed by atoms with Gasteiger partial charge in [-0.05, 0) is 24.3 Å². The maximum Gasteiger partial charge on any atom is 0.251 e. The zero-order valence-corrected chi connectivity index (χ0v) is 7.97. The van der Waals surface area contributed by atoms with Crippen LogP contribution in [0.1, 0.15) is 20.7 Å². The normalized spacial score (nSPS) is 9.38. The second-order valence-corrected chi connectivity index (χ2v) is 2.87. The van der Waals surface area contributed by atoms with Crippen LogP contribution in [0.4, 0.5) is 0 Å². The molecule has 0 aliphatic carbocycles. The highest BCUT2D eigenvalue weighted by Gasteiger charge is 2.03. The molecule has 1 N–H and O–H groups in total. The van der Waals surface area contributed by atoms with Gasteiger partial charge in [0.1, 0.15) is 0 Å². The number of amides is 1. The molecule has 1 aromatic rings. The van der Waals surface area contributed by atoms with E-state index in [0.717, 1.165) is 0 Å². The van der Waals surface area contributed by atoms with E-state index >= 15 is 0 Å². The summed E-state index contributed by atoms with van der Waals surface area (Å²) in [6, 6.07) is 6.31. The van der Waals surface area contributed by atoms with Gasteiger partial charge in [0.25, 0.3) is 5.91 Å². The summed E-state index contributed by atoms with van der Waals surface area (Å²) in [6.07, 6.45) is 0. The van der Waals surface area contributed by atoms with Gasteiger partial charge < -0.3 is 5.32 Å². The minimum atomic E-state index is -0.302. The van der Waals surface area contributed by atoms with E-state index in [1.807, 2.05) is 0 Å². The lowest BCUT2D eigenvalue weighted by Crippen LogP contribution is -2.17. The lowest BCUT2D eigenvalue weighted by atomic mass is 10.1. The van der Waals surface area contributed by atoms with Crippen LogP contribution in [0.5, 0.6) is 0 Å². The molecule has 4 heteroatoms. The van der Waals surface area contributed by atoms with Crippen LogP contribution >= 0.6 is 12.6 Å². The van der Waals surface area contributed by atoms with Gasteiger partial charge in [0.05, 0.1) is 0 Å². The first-order valence-corrected chi connectivity index (χ1v) is 4.15. The predicted octanol–water partition coefficient (Wildman–Crippen LogP) is 1.12. The number of carbonyl (C=O) groups is 2. The third-order valence-corrected chi connectivity index (χ3v) is 1.88. The largest absolute Gasteiger partial charge is 0.355 e. The van der Waals surface area contributed by atoms with E-state index in [9.17, 15) is 9.59 Å². The highest BCUT2D eigenvalue weighted by molar-refractivity contribution is 7.97. The maximum absolute atomic E-state index is 11.1. The van der Waals surface area contributed by atoms with E-state index in [0.29, 0.717) is 11.1 Å². The smallest absolute Gasteiger partial charge is 0.251 e. The molecule has 1 rings (SSSR count). The van der Waals surface area contributed by atoms with Crippen molar-refractivity contribution in [1.29, 1.82) is 0 Å². The van der Waals surface area contributed by atoms with Crippen LogP contribution in [0.3, 0.4) is 0 Å². The zero-order valence-electron chi connectivity index (χ0n) is 7.07. The summed E-state index contributed by atoms with van der Waals surface area (Å²) in [5.74, 6) is -0.168. The van der Waals surface area contributed by atoms with Crippen LogP contribution in [0.2, 0.25) is 0 Å². The summed E-state index contributed by atoms with van der Waals surface area (Å²) in [5, 5.41) is 2.18. The van der Waals surface area contributed by atoms with Gasteiger partial charge >= 0.3 is 0 Å². The molecule has 0 aromatic heterocycles. The Hall–Kier alpha value is -1.29. The second-order valence-electron chi connectivity index (χ2n) is 2.46. The van der Waals surface area contributed by atoms with Crippen molar-refractivity contribution in [3.05, 3.63) is 35.4 Å². The average molecular weight is 195 g/mol. The summed E-state index contributed by atoms with van der Waals surface area (Å²) in [4.78, 5) is 21.8. The van der Waals surface area contributed by atoms with Crippen LogP contribution in [-0.2, 0) is 0 Å². The van der Waals surface area contributed by atoms with E-state index < -0.39 is 0 Å². The first-order valence-electron chi connectivity index (χ1n) is 3.70. The second kappa shape index (κ2) is 4.09. The molecular weight excluding hydrogens is 186 g/mol. The van der Waals surface area contributed by atoms with Crippen molar-refractivity contribution in [2.24, 2.45) is 0 Å². The SMILES string of the molecule is CNC(=O)c1ccc(C(=O)S)cc1. The highest BCUT2D eigenvalue weighted by atomic mass is 32.1. The Balaban J connectivity index is 2.93. The Morgan fingerprint density at radius 3 is 2.00 bits per heavy atom. The number of carbonyl (C=O) groups excluding carboxylic acids is 2. The lowest BCUT2D eigenvalue weighted by molar-refractivity contribution is 0.0962. The van der Waals surface area contributed by atoms with Crippen LogP contribution in [-0.4, -0.2) is 18.1 Å². The molecule has 0 spiro atoms. The van der Waals surface area contributed by atoms with Crippen molar-refractivity contribution < 1.29 is 9.59 Å². The topological polar surface area (TPSA) is 46.2 Å². The Morgan fingerprint density at radius 1 is 1.15 bits per heavy atom. The Kier molecular flexibility index (Phi) is 3.08. The minimum absolute atomic E-state index is 0.168. The fourth-order valence-corrected chi connectivity index (χ4v) is 1.06. The van der Waals surface area contributed by atoms with E-state index in [1.54, 1.807) is 31.3 Å². The van der Waals surface area contributed by atoms with Gasteiger partial charge in [-0.2, -0.15) is 0 Å². The molecule has 0 saturated heterocycles. The van der Waals surface area contributed by atoms with Gasteiger partial charge in [-0.15, -0.1) is 12.6 Å². The molecule has 0 aliphatic heterocycles. The van der Waals surface area contributed by atoms with Gasteiger partial charge in [0.2, 0.25) is 5.12 Å². The molecule has 13 heavy (non-hydrogen) atoms. The van der Waals surface area contributed by atoms with Crippen molar-refractivity contribution in [3.63, 3.8) is 0 Å². The fourth-order valence-electron chi connectivity index (χ4n) is 0.909. The third kappa shape index (κ3) is 2.32. The summed E-state index contributed by atoms with van der Waals surface area (Å²) in [6.45, 7) is 0. The van der Waals surface area contributed by atoms with Crippen molar-refractivity contribution in [2.45, 2.75) is 0 Å². The predicted molar refractivity (Wildman–Crippen MR) is 53.1 cm³/mol. The molecule has 0 saturated carbocycles. The number of rotatable bonds is 2. The average Bonchev–Trinajstić information content (AvgIpc) is 2.17. The van der Waals surface area contributed by atoms with Gasteiger partial charge in [0, 0.05) is 18.2 Å². The first kappa shape index (κ1) is 9.80. The van der Waals surface area contributed by atoms with E-state index in [1.165, 1.54) is 0 Å². The van der Waals surface area contributed by atoms with Crippen LogP contribution in [0.25, 0.3) is 0 Å². The van der Waals surface area contributed by atoms with Crippen LogP contribution in [0.15, 0.2) is 24.3 Å². The molecule has 0 aliphatic rings.